The number of alkyl carbamates (subject to hydrolysis) is 1. The van der Waals surface area contributed by atoms with Crippen molar-refractivity contribution in [1.82, 2.24) is 20.2 Å². The predicted octanol–water partition coefficient (Wildman–Crippen LogP) is 2.29. The number of carbonyl (C=O) groups excluding carboxylic acids is 1. The van der Waals surface area contributed by atoms with Crippen molar-refractivity contribution in [1.29, 1.82) is 0 Å². The van der Waals surface area contributed by atoms with Gasteiger partial charge in [0, 0.05) is 31.9 Å². The highest BCUT2D eigenvalue weighted by Gasteiger charge is 2.44. The fourth-order valence-electron chi connectivity index (χ4n) is 3.82. The lowest BCUT2D eigenvalue weighted by Crippen LogP contribution is -2.48. The van der Waals surface area contributed by atoms with E-state index in [0.29, 0.717) is 19.1 Å². The number of nitrogens with one attached hydrogen (secondary N) is 1. The molecule has 7 nitrogen and oxygen atoms in total. The lowest BCUT2D eigenvalue weighted by molar-refractivity contribution is -0.0536. The monoisotopic (exact) mass is 362 g/mol. The van der Waals surface area contributed by atoms with E-state index in [4.69, 9.17) is 9.47 Å². The van der Waals surface area contributed by atoms with Crippen molar-refractivity contribution in [2.24, 2.45) is 5.92 Å². The Morgan fingerprint density at radius 3 is 3.12 bits per heavy atom. The van der Waals surface area contributed by atoms with Crippen LogP contribution < -0.4 is 5.32 Å². The van der Waals surface area contributed by atoms with Crippen LogP contribution in [0.4, 0.5) is 4.79 Å². The summed E-state index contributed by atoms with van der Waals surface area (Å²) in [5.41, 5.74) is 1.76. The van der Waals surface area contributed by atoms with Crippen LogP contribution >= 0.6 is 0 Å². The fourth-order valence-corrected chi connectivity index (χ4v) is 3.82. The summed E-state index contributed by atoms with van der Waals surface area (Å²) in [7, 11) is 0. The number of amides is 1. The zero-order valence-electron chi connectivity index (χ0n) is 16.0. The molecule has 2 atom stereocenters. The first-order valence-corrected chi connectivity index (χ1v) is 9.51. The van der Waals surface area contributed by atoms with E-state index >= 15 is 0 Å². The van der Waals surface area contributed by atoms with Crippen LogP contribution in [0, 0.1) is 12.8 Å². The molecule has 1 N–H and O–H groups in total. The molecule has 2 fully saturated rings. The minimum atomic E-state index is -0.341. The Kier molecular flexibility index (Phi) is 6.09. The van der Waals surface area contributed by atoms with Crippen molar-refractivity contribution in [2.75, 3.05) is 26.3 Å². The Labute approximate surface area is 155 Å². The molecule has 7 heteroatoms. The Morgan fingerprint density at radius 2 is 2.35 bits per heavy atom. The van der Waals surface area contributed by atoms with E-state index in [1.807, 2.05) is 27.0 Å². The molecule has 1 aromatic rings. The molecule has 2 saturated heterocycles. The van der Waals surface area contributed by atoms with Crippen molar-refractivity contribution in [3.8, 4) is 0 Å². The summed E-state index contributed by atoms with van der Waals surface area (Å²) in [6.07, 6.45) is 6.22. The SMILES string of the molecule is Cc1cncc(CN2CCC[C@@]3(C[C@@H](NC(=O)OCC(C)C)CO3)C2)n1. The lowest BCUT2D eigenvalue weighted by Gasteiger charge is -2.39. The average molecular weight is 362 g/mol. The van der Waals surface area contributed by atoms with Gasteiger partial charge in [-0.2, -0.15) is 0 Å². The molecule has 1 amide bonds. The number of hydrogen-bond acceptors (Lipinski definition) is 6. The molecule has 0 saturated carbocycles. The average Bonchev–Trinajstić information content (AvgIpc) is 2.95. The van der Waals surface area contributed by atoms with Crippen LogP contribution in [0.3, 0.4) is 0 Å². The van der Waals surface area contributed by atoms with Gasteiger partial charge in [-0.3, -0.25) is 14.9 Å². The summed E-state index contributed by atoms with van der Waals surface area (Å²) in [5, 5.41) is 2.95. The number of nitrogens with zero attached hydrogens (tertiary/aromatic N) is 3. The zero-order chi connectivity index (χ0) is 18.6. The molecule has 0 radical (unpaired) electrons. The quantitative estimate of drug-likeness (QED) is 0.866. The highest BCUT2D eigenvalue weighted by Crippen LogP contribution is 2.35. The molecule has 2 aliphatic heterocycles. The number of rotatable bonds is 5. The standard InChI is InChI=1S/C19H30N4O3/c1-14(2)11-25-18(24)22-16-7-19(26-12-16)5-4-6-23(13-19)10-17-9-20-8-15(3)21-17/h8-9,14,16H,4-7,10-13H2,1-3H3,(H,22,24)/t16-,19-/m1/s1. The van der Waals surface area contributed by atoms with Crippen LogP contribution in [0.2, 0.25) is 0 Å². The maximum atomic E-state index is 11.9. The maximum absolute atomic E-state index is 11.9. The predicted molar refractivity (Wildman–Crippen MR) is 97.7 cm³/mol. The topological polar surface area (TPSA) is 76.6 Å². The molecule has 1 spiro atoms. The lowest BCUT2D eigenvalue weighted by atomic mass is 9.88. The number of hydrogen-bond donors (Lipinski definition) is 1. The minimum Gasteiger partial charge on any atom is -0.449 e. The second kappa shape index (κ2) is 8.31. The van der Waals surface area contributed by atoms with E-state index in [9.17, 15) is 4.79 Å². The van der Waals surface area contributed by atoms with Crippen LogP contribution in [-0.2, 0) is 16.0 Å². The molecule has 0 aromatic carbocycles. The fraction of sp³-hybridized carbons (Fsp3) is 0.737. The van der Waals surface area contributed by atoms with E-state index in [0.717, 1.165) is 50.3 Å². The Hall–Kier alpha value is -1.73. The van der Waals surface area contributed by atoms with Gasteiger partial charge in [0.05, 0.1) is 36.2 Å². The van der Waals surface area contributed by atoms with E-state index < -0.39 is 0 Å². The van der Waals surface area contributed by atoms with Gasteiger partial charge in [0.15, 0.2) is 0 Å². The van der Waals surface area contributed by atoms with Gasteiger partial charge < -0.3 is 14.8 Å². The first-order chi connectivity index (χ1) is 12.4. The number of ether oxygens (including phenoxy) is 2. The molecule has 0 unspecified atom stereocenters. The Balaban J connectivity index is 1.51. The van der Waals surface area contributed by atoms with Gasteiger partial charge in [-0.15, -0.1) is 0 Å². The van der Waals surface area contributed by atoms with Crippen molar-refractivity contribution in [3.63, 3.8) is 0 Å². The van der Waals surface area contributed by atoms with E-state index in [1.165, 1.54) is 0 Å². The number of aromatic nitrogens is 2. The number of piperidine rings is 1. The van der Waals surface area contributed by atoms with E-state index in [-0.39, 0.29) is 17.7 Å². The number of likely N-dealkylation sites (tertiary alicyclic amines) is 1. The molecular weight excluding hydrogens is 332 g/mol. The molecule has 3 rings (SSSR count). The summed E-state index contributed by atoms with van der Waals surface area (Å²) in [5.74, 6) is 0.337. The van der Waals surface area contributed by atoms with Crippen LogP contribution in [0.1, 0.15) is 44.5 Å². The molecule has 3 heterocycles. The van der Waals surface area contributed by atoms with Crippen molar-refractivity contribution >= 4 is 6.09 Å². The van der Waals surface area contributed by atoms with Crippen LogP contribution in [0.15, 0.2) is 12.4 Å². The van der Waals surface area contributed by atoms with E-state index in [2.05, 4.69) is 20.2 Å². The molecule has 144 valence electrons. The second-order valence-corrected chi connectivity index (χ2v) is 8.00. The summed E-state index contributed by atoms with van der Waals surface area (Å²) in [6.45, 7) is 9.69. The van der Waals surface area contributed by atoms with Gasteiger partial charge in [0.2, 0.25) is 0 Å². The van der Waals surface area contributed by atoms with Crippen LogP contribution in [0.25, 0.3) is 0 Å². The highest BCUT2D eigenvalue weighted by molar-refractivity contribution is 5.67. The largest absolute Gasteiger partial charge is 0.449 e. The Bertz CT molecular complexity index is 625. The van der Waals surface area contributed by atoms with Gasteiger partial charge in [0.1, 0.15) is 0 Å². The van der Waals surface area contributed by atoms with Crippen molar-refractivity contribution < 1.29 is 14.3 Å². The van der Waals surface area contributed by atoms with Crippen LogP contribution in [0.5, 0.6) is 0 Å². The van der Waals surface area contributed by atoms with Gasteiger partial charge in [-0.1, -0.05) is 13.8 Å². The normalized spacial score (nSPS) is 26.4. The van der Waals surface area contributed by atoms with Crippen molar-refractivity contribution in [2.45, 2.75) is 58.2 Å². The van der Waals surface area contributed by atoms with Gasteiger partial charge >= 0.3 is 6.09 Å². The summed E-state index contributed by atoms with van der Waals surface area (Å²) in [6, 6.07) is 0.0216. The van der Waals surface area contributed by atoms with Gasteiger partial charge in [-0.25, -0.2) is 4.79 Å². The minimum absolute atomic E-state index is 0.0216. The highest BCUT2D eigenvalue weighted by atomic mass is 16.6. The second-order valence-electron chi connectivity index (χ2n) is 8.00. The van der Waals surface area contributed by atoms with E-state index in [1.54, 1.807) is 6.20 Å². The third kappa shape index (κ3) is 5.14. The number of carbonyl (C=O) groups is 1. The van der Waals surface area contributed by atoms with Gasteiger partial charge in [-0.05, 0) is 32.2 Å². The maximum Gasteiger partial charge on any atom is 0.407 e. The zero-order valence-corrected chi connectivity index (χ0v) is 16.0. The summed E-state index contributed by atoms with van der Waals surface area (Å²) in [4.78, 5) is 23.1. The summed E-state index contributed by atoms with van der Waals surface area (Å²) < 4.78 is 11.4. The molecule has 2 aliphatic rings. The summed E-state index contributed by atoms with van der Waals surface area (Å²) >= 11 is 0. The van der Waals surface area contributed by atoms with Crippen molar-refractivity contribution in [3.05, 3.63) is 23.8 Å². The first kappa shape index (κ1) is 19.0. The molecular formula is C19H30N4O3. The molecule has 0 bridgehead atoms. The molecule has 26 heavy (non-hydrogen) atoms. The molecule has 0 aliphatic carbocycles. The third-order valence-corrected chi connectivity index (χ3v) is 4.89. The Morgan fingerprint density at radius 1 is 1.50 bits per heavy atom. The third-order valence-electron chi connectivity index (χ3n) is 4.89. The smallest absolute Gasteiger partial charge is 0.407 e. The number of aryl methyl sites for hydroxylation is 1. The van der Waals surface area contributed by atoms with Gasteiger partial charge in [0.25, 0.3) is 0 Å². The molecule has 1 aromatic heterocycles. The van der Waals surface area contributed by atoms with Crippen LogP contribution in [-0.4, -0.2) is 58.9 Å². The first-order valence-electron chi connectivity index (χ1n) is 9.51.